The van der Waals surface area contributed by atoms with Gasteiger partial charge in [0.05, 0.1) is 12.8 Å². The van der Waals surface area contributed by atoms with Gasteiger partial charge in [0.2, 0.25) is 0 Å². The Labute approximate surface area is 127 Å². The van der Waals surface area contributed by atoms with E-state index in [-0.39, 0.29) is 6.54 Å². The number of aliphatic hydroxyl groups is 1. The minimum atomic E-state index is -1.27. The molecule has 1 aromatic heterocycles. The highest BCUT2D eigenvalue weighted by Gasteiger charge is 2.26. The molecule has 0 aliphatic heterocycles. The van der Waals surface area contributed by atoms with Gasteiger partial charge in [-0.05, 0) is 49.7 Å². The Kier molecular flexibility index (Phi) is 4.55. The Hall–Kier alpha value is -1.98. The molecule has 0 radical (unpaired) electrons. The predicted octanol–water partition coefficient (Wildman–Crippen LogP) is 3.27. The van der Waals surface area contributed by atoms with E-state index >= 15 is 0 Å². The maximum Gasteiger partial charge on any atom is 0.319 e. The van der Waals surface area contributed by atoms with E-state index in [9.17, 15) is 9.90 Å². The van der Waals surface area contributed by atoms with Crippen LogP contribution < -0.4 is 10.6 Å². The van der Waals surface area contributed by atoms with Crippen molar-refractivity contribution in [1.82, 2.24) is 5.32 Å². The van der Waals surface area contributed by atoms with E-state index in [1.165, 1.54) is 6.26 Å². The van der Waals surface area contributed by atoms with Crippen LogP contribution in [0.25, 0.3) is 0 Å². The maximum absolute atomic E-state index is 11.9. The van der Waals surface area contributed by atoms with Crippen LogP contribution in [0.1, 0.15) is 18.2 Å². The Morgan fingerprint density at radius 3 is 2.81 bits per heavy atom. The number of urea groups is 1. The van der Waals surface area contributed by atoms with E-state index in [0.29, 0.717) is 16.5 Å². The van der Waals surface area contributed by atoms with E-state index in [1.54, 1.807) is 37.3 Å². The summed E-state index contributed by atoms with van der Waals surface area (Å²) in [5, 5.41) is 16.2. The Morgan fingerprint density at radius 2 is 2.19 bits per heavy atom. The average molecular weight is 309 g/mol. The fraction of sp³-hybridized carbons (Fsp3) is 0.267. The second kappa shape index (κ2) is 6.20. The van der Waals surface area contributed by atoms with E-state index in [1.807, 2.05) is 6.92 Å². The Bertz CT molecular complexity index is 624. The van der Waals surface area contributed by atoms with Crippen LogP contribution in [0, 0.1) is 6.92 Å². The van der Waals surface area contributed by atoms with Crippen molar-refractivity contribution in [3.63, 3.8) is 0 Å². The van der Waals surface area contributed by atoms with Crippen LogP contribution in [0.3, 0.4) is 0 Å². The summed E-state index contributed by atoms with van der Waals surface area (Å²) >= 11 is 5.86. The van der Waals surface area contributed by atoms with Gasteiger partial charge in [0.25, 0.3) is 0 Å². The van der Waals surface area contributed by atoms with Crippen molar-refractivity contribution < 1.29 is 14.3 Å². The zero-order valence-electron chi connectivity index (χ0n) is 11.8. The number of aryl methyl sites for hydroxylation is 1. The SMILES string of the molecule is Cc1cc(Cl)ccc1NC(=O)NCC(C)(O)c1ccco1. The van der Waals surface area contributed by atoms with Gasteiger partial charge in [-0.15, -0.1) is 0 Å². The Balaban J connectivity index is 1.93. The summed E-state index contributed by atoms with van der Waals surface area (Å²) in [6.45, 7) is 3.44. The molecule has 112 valence electrons. The van der Waals surface area contributed by atoms with Crippen molar-refractivity contribution in [3.05, 3.63) is 52.9 Å². The van der Waals surface area contributed by atoms with Gasteiger partial charge in [0.1, 0.15) is 11.4 Å². The summed E-state index contributed by atoms with van der Waals surface area (Å²) in [6, 6.07) is 8.11. The zero-order chi connectivity index (χ0) is 15.5. The van der Waals surface area contributed by atoms with Gasteiger partial charge in [0, 0.05) is 10.7 Å². The third-order valence-corrected chi connectivity index (χ3v) is 3.32. The molecule has 5 nitrogen and oxygen atoms in total. The van der Waals surface area contributed by atoms with Crippen molar-refractivity contribution in [3.8, 4) is 0 Å². The monoisotopic (exact) mass is 308 g/mol. The molecule has 21 heavy (non-hydrogen) atoms. The van der Waals surface area contributed by atoms with Crippen molar-refractivity contribution in [2.75, 3.05) is 11.9 Å². The first-order chi connectivity index (χ1) is 9.88. The molecule has 1 aromatic carbocycles. The van der Waals surface area contributed by atoms with Crippen LogP contribution in [-0.4, -0.2) is 17.7 Å². The number of carbonyl (C=O) groups excluding carboxylic acids is 1. The first-order valence-electron chi connectivity index (χ1n) is 6.46. The molecule has 0 bridgehead atoms. The highest BCUT2D eigenvalue weighted by molar-refractivity contribution is 6.30. The third-order valence-electron chi connectivity index (χ3n) is 3.08. The highest BCUT2D eigenvalue weighted by atomic mass is 35.5. The summed E-state index contributed by atoms with van der Waals surface area (Å²) in [4.78, 5) is 11.9. The summed E-state index contributed by atoms with van der Waals surface area (Å²) in [5.74, 6) is 0.394. The maximum atomic E-state index is 11.9. The zero-order valence-corrected chi connectivity index (χ0v) is 12.6. The number of nitrogens with one attached hydrogen (secondary N) is 2. The second-order valence-corrected chi connectivity index (χ2v) is 5.45. The second-order valence-electron chi connectivity index (χ2n) is 5.02. The summed E-state index contributed by atoms with van der Waals surface area (Å²) in [5.41, 5.74) is 0.251. The van der Waals surface area contributed by atoms with E-state index in [2.05, 4.69) is 10.6 Å². The van der Waals surface area contributed by atoms with Gasteiger partial charge in [-0.3, -0.25) is 0 Å². The number of hydrogen-bond donors (Lipinski definition) is 3. The largest absolute Gasteiger partial charge is 0.466 e. The van der Waals surface area contributed by atoms with Crippen LogP contribution in [0.4, 0.5) is 10.5 Å². The van der Waals surface area contributed by atoms with Crippen molar-refractivity contribution >= 4 is 23.3 Å². The minimum absolute atomic E-state index is 0.0268. The van der Waals surface area contributed by atoms with Crippen molar-refractivity contribution in [1.29, 1.82) is 0 Å². The van der Waals surface area contributed by atoms with Gasteiger partial charge in [-0.2, -0.15) is 0 Å². The van der Waals surface area contributed by atoms with E-state index < -0.39 is 11.6 Å². The number of rotatable bonds is 4. The highest BCUT2D eigenvalue weighted by Crippen LogP contribution is 2.21. The van der Waals surface area contributed by atoms with Crippen LogP contribution in [0.5, 0.6) is 0 Å². The first kappa shape index (κ1) is 15.4. The molecule has 0 saturated carbocycles. The predicted molar refractivity (Wildman–Crippen MR) is 81.5 cm³/mol. The number of amides is 2. The summed E-state index contributed by atoms with van der Waals surface area (Å²) in [7, 11) is 0. The number of carbonyl (C=O) groups is 1. The van der Waals surface area contributed by atoms with Gasteiger partial charge in [-0.1, -0.05) is 11.6 Å². The summed E-state index contributed by atoms with van der Waals surface area (Å²) < 4.78 is 5.14. The van der Waals surface area contributed by atoms with Gasteiger partial charge in [-0.25, -0.2) is 4.79 Å². The van der Waals surface area contributed by atoms with Crippen molar-refractivity contribution in [2.24, 2.45) is 0 Å². The van der Waals surface area contributed by atoms with Gasteiger partial charge >= 0.3 is 6.03 Å². The minimum Gasteiger partial charge on any atom is -0.466 e. The van der Waals surface area contributed by atoms with Gasteiger partial charge in [0.15, 0.2) is 0 Å². The van der Waals surface area contributed by atoms with Crippen LogP contribution in [0.2, 0.25) is 5.02 Å². The topological polar surface area (TPSA) is 74.5 Å². The molecule has 2 amide bonds. The van der Waals surface area contributed by atoms with Crippen LogP contribution >= 0.6 is 11.6 Å². The smallest absolute Gasteiger partial charge is 0.319 e. The third kappa shape index (κ3) is 4.00. The number of furan rings is 1. The standard InChI is InChI=1S/C15H17ClN2O3/c1-10-8-11(16)5-6-12(10)18-14(19)17-9-15(2,20)13-4-3-7-21-13/h3-8,20H,9H2,1-2H3,(H2,17,18,19). The number of benzene rings is 1. The van der Waals surface area contributed by atoms with Gasteiger partial charge < -0.3 is 20.2 Å². The number of anilines is 1. The molecule has 3 N–H and O–H groups in total. The molecular formula is C15H17ClN2O3. The quantitative estimate of drug-likeness (QED) is 0.811. The molecule has 6 heteroatoms. The molecule has 1 heterocycles. The number of halogens is 1. The molecule has 0 saturated heterocycles. The van der Waals surface area contributed by atoms with E-state index in [4.69, 9.17) is 16.0 Å². The average Bonchev–Trinajstić information content (AvgIpc) is 2.95. The lowest BCUT2D eigenvalue weighted by molar-refractivity contribution is 0.0372. The molecule has 0 aliphatic carbocycles. The normalized spacial score (nSPS) is 13.5. The lowest BCUT2D eigenvalue weighted by Crippen LogP contribution is -2.40. The molecule has 0 aliphatic rings. The van der Waals surface area contributed by atoms with E-state index in [0.717, 1.165) is 5.56 Å². The molecule has 0 fully saturated rings. The Morgan fingerprint density at radius 1 is 1.43 bits per heavy atom. The molecular weight excluding hydrogens is 292 g/mol. The summed E-state index contributed by atoms with van der Waals surface area (Å²) in [6.07, 6.45) is 1.47. The molecule has 0 spiro atoms. The molecule has 1 atom stereocenters. The lowest BCUT2D eigenvalue weighted by Gasteiger charge is -2.21. The molecule has 2 aromatic rings. The molecule has 1 unspecified atom stereocenters. The van der Waals surface area contributed by atoms with Crippen LogP contribution in [-0.2, 0) is 5.60 Å². The lowest BCUT2D eigenvalue weighted by atomic mass is 10.0. The fourth-order valence-corrected chi connectivity index (χ4v) is 2.09. The fourth-order valence-electron chi connectivity index (χ4n) is 1.86. The van der Waals surface area contributed by atoms with Crippen molar-refractivity contribution in [2.45, 2.75) is 19.4 Å². The molecule has 2 rings (SSSR count). The number of hydrogen-bond acceptors (Lipinski definition) is 3. The van der Waals surface area contributed by atoms with Crippen LogP contribution in [0.15, 0.2) is 41.0 Å². The first-order valence-corrected chi connectivity index (χ1v) is 6.83.